The SMILES string of the molecule is O=C1Nc2cccnc2-c2cccnc2N1. The van der Waals surface area contributed by atoms with Crippen molar-refractivity contribution in [1.29, 1.82) is 0 Å². The van der Waals surface area contributed by atoms with Gasteiger partial charge in [-0.2, -0.15) is 0 Å². The molecule has 0 fully saturated rings. The van der Waals surface area contributed by atoms with Gasteiger partial charge in [0.25, 0.3) is 0 Å². The number of nitrogens with zero attached hydrogens (tertiary/aromatic N) is 2. The first-order chi connectivity index (χ1) is 7.84. The molecule has 0 bridgehead atoms. The summed E-state index contributed by atoms with van der Waals surface area (Å²) in [6.45, 7) is 0. The zero-order valence-electron chi connectivity index (χ0n) is 8.27. The van der Waals surface area contributed by atoms with Crippen LogP contribution in [-0.2, 0) is 0 Å². The largest absolute Gasteiger partial charge is 0.324 e. The van der Waals surface area contributed by atoms with E-state index in [0.717, 1.165) is 11.3 Å². The van der Waals surface area contributed by atoms with Gasteiger partial charge in [-0.05, 0) is 24.3 Å². The van der Waals surface area contributed by atoms with Gasteiger partial charge >= 0.3 is 6.03 Å². The van der Waals surface area contributed by atoms with Crippen molar-refractivity contribution in [1.82, 2.24) is 9.97 Å². The van der Waals surface area contributed by atoms with Crippen molar-refractivity contribution in [2.75, 3.05) is 10.6 Å². The van der Waals surface area contributed by atoms with E-state index >= 15 is 0 Å². The lowest BCUT2D eigenvalue weighted by atomic mass is 10.1. The molecule has 1 aliphatic heterocycles. The monoisotopic (exact) mass is 212 g/mol. The van der Waals surface area contributed by atoms with Crippen molar-refractivity contribution in [2.24, 2.45) is 0 Å². The Labute approximate surface area is 91.5 Å². The Kier molecular flexibility index (Phi) is 1.83. The molecule has 5 heteroatoms. The number of fused-ring (bicyclic) bond motifs is 3. The standard InChI is InChI=1S/C11H8N4O/c16-11-14-8-4-2-5-12-9(8)7-3-1-6-13-10(7)15-11/h1-6H,(H2,13,14,15,16). The zero-order valence-corrected chi connectivity index (χ0v) is 8.27. The molecule has 1 aliphatic rings. The number of urea groups is 1. The third-order valence-corrected chi connectivity index (χ3v) is 2.35. The highest BCUT2D eigenvalue weighted by atomic mass is 16.2. The van der Waals surface area contributed by atoms with Crippen LogP contribution in [0.1, 0.15) is 0 Å². The first-order valence-corrected chi connectivity index (χ1v) is 4.83. The molecule has 2 amide bonds. The maximum Gasteiger partial charge on any atom is 0.324 e. The van der Waals surface area contributed by atoms with Gasteiger partial charge in [0.15, 0.2) is 0 Å². The molecule has 2 aromatic heterocycles. The molecule has 0 saturated heterocycles. The fraction of sp³-hybridized carbons (Fsp3) is 0. The van der Waals surface area contributed by atoms with Gasteiger partial charge in [0.2, 0.25) is 0 Å². The molecule has 5 nitrogen and oxygen atoms in total. The van der Waals surface area contributed by atoms with Gasteiger partial charge in [-0.3, -0.25) is 10.3 Å². The third kappa shape index (κ3) is 1.30. The molecule has 0 spiro atoms. The smallest absolute Gasteiger partial charge is 0.306 e. The highest BCUT2D eigenvalue weighted by molar-refractivity contribution is 6.06. The number of nitrogens with one attached hydrogen (secondary N) is 2. The number of amides is 2. The summed E-state index contributed by atoms with van der Waals surface area (Å²) in [4.78, 5) is 19.9. The van der Waals surface area contributed by atoms with Crippen LogP contribution >= 0.6 is 0 Å². The summed E-state index contributed by atoms with van der Waals surface area (Å²) >= 11 is 0. The van der Waals surface area contributed by atoms with E-state index in [1.807, 2.05) is 18.2 Å². The molecule has 0 atom stereocenters. The van der Waals surface area contributed by atoms with E-state index in [4.69, 9.17) is 0 Å². The zero-order chi connectivity index (χ0) is 11.0. The first-order valence-electron chi connectivity index (χ1n) is 4.83. The minimum absolute atomic E-state index is 0.299. The lowest BCUT2D eigenvalue weighted by Crippen LogP contribution is -2.18. The van der Waals surface area contributed by atoms with Crippen LogP contribution in [0, 0.1) is 0 Å². The summed E-state index contributed by atoms with van der Waals surface area (Å²) in [5.41, 5.74) is 2.23. The molecule has 0 saturated carbocycles. The van der Waals surface area contributed by atoms with E-state index in [9.17, 15) is 4.79 Å². The molecule has 3 rings (SSSR count). The predicted molar refractivity (Wildman–Crippen MR) is 60.1 cm³/mol. The van der Waals surface area contributed by atoms with Crippen LogP contribution in [0.3, 0.4) is 0 Å². The second-order valence-corrected chi connectivity index (χ2v) is 3.38. The van der Waals surface area contributed by atoms with Crippen molar-refractivity contribution in [3.8, 4) is 11.3 Å². The van der Waals surface area contributed by atoms with Gasteiger partial charge in [0.1, 0.15) is 5.82 Å². The molecule has 78 valence electrons. The molecule has 0 unspecified atom stereocenters. The van der Waals surface area contributed by atoms with Gasteiger partial charge < -0.3 is 5.32 Å². The van der Waals surface area contributed by atoms with E-state index in [0.29, 0.717) is 11.5 Å². The first kappa shape index (κ1) is 8.84. The summed E-state index contributed by atoms with van der Waals surface area (Å²) in [5.74, 6) is 0.525. The van der Waals surface area contributed by atoms with Crippen molar-refractivity contribution in [3.63, 3.8) is 0 Å². The molecule has 3 heterocycles. The Balaban J connectivity index is 2.30. The highest BCUT2D eigenvalue weighted by Crippen LogP contribution is 2.32. The number of aromatic nitrogens is 2. The van der Waals surface area contributed by atoms with Crippen LogP contribution in [-0.4, -0.2) is 16.0 Å². The molecular formula is C11H8N4O. The van der Waals surface area contributed by atoms with Gasteiger partial charge in [0.05, 0.1) is 11.4 Å². The summed E-state index contributed by atoms with van der Waals surface area (Å²) in [5, 5.41) is 5.38. The average molecular weight is 212 g/mol. The minimum Gasteiger partial charge on any atom is -0.306 e. The number of rotatable bonds is 0. The fourth-order valence-electron chi connectivity index (χ4n) is 1.68. The Bertz CT molecular complexity index is 518. The van der Waals surface area contributed by atoms with E-state index in [2.05, 4.69) is 20.6 Å². The van der Waals surface area contributed by atoms with E-state index < -0.39 is 0 Å². The molecule has 0 aliphatic carbocycles. The quantitative estimate of drug-likeness (QED) is 0.702. The van der Waals surface area contributed by atoms with E-state index in [-0.39, 0.29) is 6.03 Å². The lowest BCUT2D eigenvalue weighted by molar-refractivity contribution is 0.262. The maximum absolute atomic E-state index is 11.5. The summed E-state index contributed by atoms with van der Waals surface area (Å²) in [6.07, 6.45) is 3.32. The number of hydrogen-bond donors (Lipinski definition) is 2. The van der Waals surface area contributed by atoms with Crippen molar-refractivity contribution in [3.05, 3.63) is 36.7 Å². The number of carbonyl (C=O) groups excluding carboxylic acids is 1. The normalized spacial score (nSPS) is 12.9. The topological polar surface area (TPSA) is 66.9 Å². The Hall–Kier alpha value is -2.43. The summed E-state index contributed by atoms with van der Waals surface area (Å²) in [7, 11) is 0. The molecule has 16 heavy (non-hydrogen) atoms. The Morgan fingerprint density at radius 1 is 1.00 bits per heavy atom. The molecule has 2 N–H and O–H groups in total. The second-order valence-electron chi connectivity index (χ2n) is 3.38. The van der Waals surface area contributed by atoms with Crippen LogP contribution in [0.2, 0.25) is 0 Å². The van der Waals surface area contributed by atoms with Gasteiger partial charge in [-0.15, -0.1) is 0 Å². The molecule has 0 radical (unpaired) electrons. The number of pyridine rings is 2. The van der Waals surface area contributed by atoms with Crippen molar-refractivity contribution < 1.29 is 4.79 Å². The fourth-order valence-corrected chi connectivity index (χ4v) is 1.68. The van der Waals surface area contributed by atoms with Crippen molar-refractivity contribution >= 4 is 17.5 Å². The molecule has 2 aromatic rings. The van der Waals surface area contributed by atoms with Crippen LogP contribution in [0.25, 0.3) is 11.3 Å². The molecular weight excluding hydrogens is 204 g/mol. The molecule has 0 aromatic carbocycles. The van der Waals surface area contributed by atoms with Crippen molar-refractivity contribution in [2.45, 2.75) is 0 Å². The number of anilines is 2. The van der Waals surface area contributed by atoms with Gasteiger partial charge in [-0.25, -0.2) is 9.78 Å². The van der Waals surface area contributed by atoms with Gasteiger partial charge in [0, 0.05) is 18.0 Å². The van der Waals surface area contributed by atoms with Crippen LogP contribution < -0.4 is 10.6 Å². The summed E-state index contributed by atoms with van der Waals surface area (Å²) < 4.78 is 0. The Morgan fingerprint density at radius 2 is 1.81 bits per heavy atom. The highest BCUT2D eigenvalue weighted by Gasteiger charge is 2.18. The number of hydrogen-bond acceptors (Lipinski definition) is 3. The second kappa shape index (κ2) is 3.30. The van der Waals surface area contributed by atoms with Crippen LogP contribution in [0.4, 0.5) is 16.3 Å². The number of carbonyl (C=O) groups is 1. The predicted octanol–water partition coefficient (Wildman–Crippen LogP) is 2.10. The van der Waals surface area contributed by atoms with E-state index in [1.54, 1.807) is 18.5 Å². The average Bonchev–Trinajstić information content (AvgIpc) is 2.44. The summed E-state index contributed by atoms with van der Waals surface area (Å²) in [6, 6.07) is 6.98. The minimum atomic E-state index is -0.299. The van der Waals surface area contributed by atoms with Gasteiger partial charge in [-0.1, -0.05) is 0 Å². The van der Waals surface area contributed by atoms with E-state index in [1.165, 1.54) is 0 Å². The maximum atomic E-state index is 11.5. The third-order valence-electron chi connectivity index (χ3n) is 2.35. The van der Waals surface area contributed by atoms with Crippen LogP contribution in [0.5, 0.6) is 0 Å². The van der Waals surface area contributed by atoms with Crippen LogP contribution in [0.15, 0.2) is 36.7 Å². The lowest BCUT2D eigenvalue weighted by Gasteiger charge is -2.04. The Morgan fingerprint density at radius 3 is 2.75 bits per heavy atom.